The highest BCUT2D eigenvalue weighted by Gasteiger charge is 2.21. The Bertz CT molecular complexity index is 463. The van der Waals surface area contributed by atoms with Crippen molar-refractivity contribution >= 4 is 17.3 Å². The third kappa shape index (κ3) is 3.44. The first-order valence-electron chi connectivity index (χ1n) is 5.00. The molecule has 0 spiro atoms. The quantitative estimate of drug-likeness (QED) is 0.623. The fourth-order valence-electron chi connectivity index (χ4n) is 1.38. The van der Waals surface area contributed by atoms with Crippen molar-refractivity contribution in [3.8, 4) is 0 Å². The minimum Gasteiger partial charge on any atom is -0.477 e. The van der Waals surface area contributed by atoms with Crippen molar-refractivity contribution in [3.63, 3.8) is 0 Å². The zero-order chi connectivity index (χ0) is 13.2. The van der Waals surface area contributed by atoms with Gasteiger partial charge in [-0.05, 0) is 32.9 Å². The Balaban J connectivity index is 3.19. The first-order valence-corrected chi connectivity index (χ1v) is 5.00. The van der Waals surface area contributed by atoms with Gasteiger partial charge in [0, 0.05) is 17.3 Å². The molecular weight excluding hydrogens is 224 g/mol. The van der Waals surface area contributed by atoms with Gasteiger partial charge < -0.3 is 10.4 Å². The molecule has 1 aromatic rings. The highest BCUT2D eigenvalue weighted by molar-refractivity contribution is 5.93. The molecule has 0 saturated heterocycles. The molecule has 0 heterocycles. The summed E-state index contributed by atoms with van der Waals surface area (Å²) in [6.07, 6.45) is 0. The van der Waals surface area contributed by atoms with E-state index in [9.17, 15) is 14.9 Å². The predicted molar refractivity (Wildman–Crippen MR) is 63.4 cm³/mol. The van der Waals surface area contributed by atoms with Gasteiger partial charge in [0.15, 0.2) is 0 Å². The van der Waals surface area contributed by atoms with Gasteiger partial charge in [-0.1, -0.05) is 0 Å². The predicted octanol–water partition coefficient (Wildman–Crippen LogP) is 2.50. The third-order valence-corrected chi connectivity index (χ3v) is 1.94. The van der Waals surface area contributed by atoms with Crippen molar-refractivity contribution in [2.24, 2.45) is 0 Å². The molecule has 0 radical (unpaired) electrons. The molecule has 17 heavy (non-hydrogen) atoms. The number of nitrogens with one attached hydrogen (secondary N) is 1. The number of nitro groups is 1. The normalized spacial score (nSPS) is 11.0. The molecule has 0 aliphatic carbocycles. The molecule has 0 amide bonds. The smallest absolute Gasteiger partial charge is 0.342 e. The Morgan fingerprint density at radius 3 is 2.41 bits per heavy atom. The van der Waals surface area contributed by atoms with Crippen molar-refractivity contribution in [3.05, 3.63) is 33.9 Å². The monoisotopic (exact) mass is 238 g/mol. The van der Waals surface area contributed by atoms with Gasteiger partial charge in [-0.2, -0.15) is 0 Å². The van der Waals surface area contributed by atoms with Crippen LogP contribution in [0.15, 0.2) is 18.2 Å². The molecule has 0 fully saturated rings. The van der Waals surface area contributed by atoms with Gasteiger partial charge in [0.25, 0.3) is 5.69 Å². The van der Waals surface area contributed by atoms with Gasteiger partial charge in [0.1, 0.15) is 5.56 Å². The maximum Gasteiger partial charge on any atom is 0.342 e. The van der Waals surface area contributed by atoms with E-state index >= 15 is 0 Å². The van der Waals surface area contributed by atoms with E-state index in [-0.39, 0.29) is 11.1 Å². The first kappa shape index (κ1) is 13.0. The fourth-order valence-corrected chi connectivity index (χ4v) is 1.38. The Kier molecular flexibility index (Phi) is 3.36. The van der Waals surface area contributed by atoms with Crippen molar-refractivity contribution in [2.45, 2.75) is 26.3 Å². The van der Waals surface area contributed by atoms with E-state index in [1.807, 2.05) is 20.8 Å². The molecule has 6 heteroatoms. The van der Waals surface area contributed by atoms with Crippen molar-refractivity contribution in [1.29, 1.82) is 0 Å². The molecule has 0 aromatic heterocycles. The maximum absolute atomic E-state index is 10.9. The molecule has 0 atom stereocenters. The van der Waals surface area contributed by atoms with Crippen LogP contribution in [0.5, 0.6) is 0 Å². The van der Waals surface area contributed by atoms with Gasteiger partial charge in [-0.15, -0.1) is 0 Å². The number of anilines is 1. The number of carboxylic acid groups (broad SMARTS) is 1. The number of nitro benzene ring substituents is 1. The molecule has 0 aliphatic rings. The fraction of sp³-hybridized carbons (Fsp3) is 0.364. The number of hydrogen-bond donors (Lipinski definition) is 2. The summed E-state index contributed by atoms with van der Waals surface area (Å²) in [7, 11) is 0. The number of rotatable bonds is 3. The number of carbonyl (C=O) groups is 1. The van der Waals surface area contributed by atoms with Crippen LogP contribution in [0.1, 0.15) is 31.1 Å². The van der Waals surface area contributed by atoms with Crippen LogP contribution in [0.3, 0.4) is 0 Å². The van der Waals surface area contributed by atoms with Gasteiger partial charge in [0.05, 0.1) is 4.92 Å². The molecule has 92 valence electrons. The Labute approximate surface area is 98.4 Å². The minimum absolute atomic E-state index is 0.244. The molecule has 1 aromatic carbocycles. The highest BCUT2D eigenvalue weighted by Crippen LogP contribution is 2.24. The van der Waals surface area contributed by atoms with Crippen molar-refractivity contribution in [2.75, 3.05) is 5.32 Å². The van der Waals surface area contributed by atoms with Gasteiger partial charge >= 0.3 is 5.97 Å². The van der Waals surface area contributed by atoms with Crippen LogP contribution >= 0.6 is 0 Å². The average molecular weight is 238 g/mol. The van der Waals surface area contributed by atoms with Crippen molar-refractivity contribution < 1.29 is 14.8 Å². The Hall–Kier alpha value is -2.11. The lowest BCUT2D eigenvalue weighted by Crippen LogP contribution is -2.26. The summed E-state index contributed by atoms with van der Waals surface area (Å²) in [6.45, 7) is 5.73. The highest BCUT2D eigenvalue weighted by atomic mass is 16.6. The maximum atomic E-state index is 10.9. The number of hydrogen-bond acceptors (Lipinski definition) is 4. The molecule has 0 saturated carbocycles. The second kappa shape index (κ2) is 4.40. The average Bonchev–Trinajstić information content (AvgIpc) is 2.14. The van der Waals surface area contributed by atoms with Crippen LogP contribution < -0.4 is 5.32 Å². The number of carboxylic acids is 1. The second-order valence-electron chi connectivity index (χ2n) is 4.67. The van der Waals surface area contributed by atoms with Crippen LogP contribution in [-0.2, 0) is 0 Å². The lowest BCUT2D eigenvalue weighted by molar-refractivity contribution is -0.385. The Morgan fingerprint density at radius 1 is 1.41 bits per heavy atom. The summed E-state index contributed by atoms with van der Waals surface area (Å²) in [5.74, 6) is -1.31. The van der Waals surface area contributed by atoms with E-state index in [0.717, 1.165) is 0 Å². The second-order valence-corrected chi connectivity index (χ2v) is 4.67. The standard InChI is InChI=1S/C11H14N2O4/c1-11(2,3)12-7-4-5-9(13(16)17)8(6-7)10(14)15/h4-6,12H,1-3H3,(H,14,15). The summed E-state index contributed by atoms with van der Waals surface area (Å²) in [5.41, 5.74) is -0.423. The summed E-state index contributed by atoms with van der Waals surface area (Å²) in [6, 6.07) is 3.96. The molecule has 6 nitrogen and oxygen atoms in total. The SMILES string of the molecule is CC(C)(C)Nc1ccc([N+](=O)[O-])c(C(=O)O)c1. The topological polar surface area (TPSA) is 92.5 Å². The third-order valence-electron chi connectivity index (χ3n) is 1.94. The van der Waals surface area contributed by atoms with E-state index in [4.69, 9.17) is 5.11 Å². The van der Waals surface area contributed by atoms with Gasteiger partial charge in [0.2, 0.25) is 0 Å². The number of nitrogens with zero attached hydrogens (tertiary/aromatic N) is 1. The minimum atomic E-state index is -1.31. The lowest BCUT2D eigenvalue weighted by Gasteiger charge is -2.22. The van der Waals surface area contributed by atoms with E-state index < -0.39 is 16.6 Å². The molecule has 2 N–H and O–H groups in total. The van der Waals surface area contributed by atoms with Crippen LogP contribution in [0.25, 0.3) is 0 Å². The van der Waals surface area contributed by atoms with Crippen LogP contribution in [0, 0.1) is 10.1 Å². The Morgan fingerprint density at radius 2 is 2.00 bits per heavy atom. The molecule has 1 rings (SSSR count). The van der Waals surface area contributed by atoms with Gasteiger partial charge in [-0.3, -0.25) is 10.1 Å². The van der Waals surface area contributed by atoms with Crippen LogP contribution in [-0.4, -0.2) is 21.5 Å². The van der Waals surface area contributed by atoms with E-state index in [2.05, 4.69) is 5.32 Å². The lowest BCUT2D eigenvalue weighted by atomic mass is 10.1. The van der Waals surface area contributed by atoms with Gasteiger partial charge in [-0.25, -0.2) is 4.79 Å². The first-order chi connectivity index (χ1) is 7.70. The largest absolute Gasteiger partial charge is 0.477 e. The van der Waals surface area contributed by atoms with Crippen molar-refractivity contribution in [1.82, 2.24) is 0 Å². The number of benzene rings is 1. The van der Waals surface area contributed by atoms with Crippen LogP contribution in [0.4, 0.5) is 11.4 Å². The zero-order valence-electron chi connectivity index (χ0n) is 9.85. The summed E-state index contributed by atoms with van der Waals surface area (Å²) >= 11 is 0. The van der Waals surface area contributed by atoms with E-state index in [1.54, 1.807) is 0 Å². The van der Waals surface area contributed by atoms with E-state index in [1.165, 1.54) is 18.2 Å². The number of aromatic carboxylic acids is 1. The van der Waals surface area contributed by atoms with E-state index in [0.29, 0.717) is 5.69 Å². The zero-order valence-corrected chi connectivity index (χ0v) is 9.85. The van der Waals surface area contributed by atoms with Crippen LogP contribution in [0.2, 0.25) is 0 Å². The molecular formula is C11H14N2O4. The molecule has 0 aliphatic heterocycles. The summed E-state index contributed by atoms with van der Waals surface area (Å²) < 4.78 is 0. The summed E-state index contributed by atoms with van der Waals surface area (Å²) in [4.78, 5) is 20.9. The molecule has 0 unspecified atom stereocenters. The summed E-state index contributed by atoms with van der Waals surface area (Å²) in [5, 5.41) is 22.6. The molecule has 0 bridgehead atoms.